The van der Waals surface area contributed by atoms with Crippen LogP contribution < -0.4 is 99.5 Å². The van der Waals surface area contributed by atoms with Crippen molar-refractivity contribution in [1.82, 2.24) is 47.9 Å². The number of hydrogen-bond donors (Lipinski definition) is 20. The molecule has 0 heterocycles. The highest BCUT2D eigenvalue weighted by molar-refractivity contribution is 5.98. The van der Waals surface area contributed by atoms with Gasteiger partial charge in [-0.25, -0.2) is 0 Å². The number of guanidine groups is 3. The number of nitrogens with two attached hydrogens (primary N) is 9. The van der Waals surface area contributed by atoms with Crippen molar-refractivity contribution in [3.8, 4) is 0 Å². The van der Waals surface area contributed by atoms with Gasteiger partial charge in [-0.15, -0.1) is 0 Å². The molecule has 0 spiro atoms. The number of aliphatic imine (C=N–C) groups is 3. The second-order valence-electron chi connectivity index (χ2n) is 19.4. The van der Waals surface area contributed by atoms with E-state index in [0.717, 1.165) is 6.92 Å². The number of aliphatic hydroxyl groups excluding tert-OH is 2. The Kier molecular flexibility index (Phi) is 36.7. The van der Waals surface area contributed by atoms with Crippen molar-refractivity contribution in [2.45, 2.75) is 179 Å². The van der Waals surface area contributed by atoms with Crippen LogP contribution >= 0.6 is 0 Å². The maximum Gasteiger partial charge on any atom is 0.245 e. The molecule has 0 bridgehead atoms. The van der Waals surface area contributed by atoms with Crippen LogP contribution in [0.15, 0.2) is 15.0 Å². The number of carbonyl (C=O) groups excluding carboxylic acids is 10. The van der Waals surface area contributed by atoms with E-state index in [0.29, 0.717) is 32.1 Å². The number of aliphatic hydroxyl groups is 2. The second-order valence-corrected chi connectivity index (χ2v) is 19.4. The molecule has 0 aromatic carbocycles. The quantitative estimate of drug-likeness (QED) is 0.0153. The van der Waals surface area contributed by atoms with Crippen molar-refractivity contribution >= 4 is 77.0 Å². The first-order chi connectivity index (χ1) is 38.1. The van der Waals surface area contributed by atoms with Crippen LogP contribution in [0.25, 0.3) is 0 Å². The molecule has 11 atom stereocenters. The summed E-state index contributed by atoms with van der Waals surface area (Å²) in [5.41, 5.74) is 49.9. The molecule has 0 aromatic heterocycles. The fourth-order valence-electron chi connectivity index (χ4n) is 7.67. The van der Waals surface area contributed by atoms with Crippen molar-refractivity contribution in [1.29, 1.82) is 0 Å². The Bertz CT molecular complexity index is 2120. The van der Waals surface area contributed by atoms with Crippen molar-refractivity contribution < 1.29 is 58.2 Å². The number of primary amides is 1. The van der Waals surface area contributed by atoms with Gasteiger partial charge in [0.15, 0.2) is 17.9 Å². The highest BCUT2D eigenvalue weighted by Crippen LogP contribution is 2.13. The summed E-state index contributed by atoms with van der Waals surface area (Å²) >= 11 is 0. The third-order valence-electron chi connectivity index (χ3n) is 12.4. The number of nitrogens with zero attached hydrogens (tertiary/aromatic N) is 3. The molecule has 33 nitrogen and oxygen atoms in total. The molecule has 81 heavy (non-hydrogen) atoms. The van der Waals surface area contributed by atoms with Gasteiger partial charge < -0.3 is 110 Å². The van der Waals surface area contributed by atoms with Crippen molar-refractivity contribution in [2.75, 3.05) is 39.3 Å². The monoisotopic (exact) mass is 1160 g/mol. The third kappa shape index (κ3) is 31.1. The van der Waals surface area contributed by atoms with Crippen LogP contribution in [-0.2, 0) is 47.9 Å². The summed E-state index contributed by atoms with van der Waals surface area (Å²) in [6.07, 6.45) is 0.517. The topological polar surface area (TPSA) is 591 Å². The molecular weight excluding hydrogens is 1060 g/mol. The first-order valence-corrected chi connectivity index (χ1v) is 27.0. The molecule has 0 saturated heterocycles. The lowest BCUT2D eigenvalue weighted by Crippen LogP contribution is -2.61. The Balaban J connectivity index is 7.09. The van der Waals surface area contributed by atoms with Crippen LogP contribution in [0.4, 0.5) is 0 Å². The molecule has 0 aromatic rings. The molecular formula is C48H93N21O12. The zero-order valence-electron chi connectivity index (χ0n) is 47.3. The van der Waals surface area contributed by atoms with Gasteiger partial charge in [-0.1, -0.05) is 20.3 Å². The predicted octanol–water partition coefficient (Wildman–Crippen LogP) is -8.29. The lowest BCUT2D eigenvalue weighted by Gasteiger charge is -2.30. The normalized spacial score (nSPS) is 15.0. The van der Waals surface area contributed by atoms with Crippen LogP contribution in [-0.4, -0.2) is 187 Å². The Hall–Kier alpha value is -7.65. The van der Waals surface area contributed by atoms with Crippen LogP contribution in [0.2, 0.25) is 0 Å². The highest BCUT2D eigenvalue weighted by Gasteiger charge is 2.36. The summed E-state index contributed by atoms with van der Waals surface area (Å²) in [6.45, 7) is 6.83. The van der Waals surface area contributed by atoms with Gasteiger partial charge in [0.2, 0.25) is 59.1 Å². The molecule has 0 aliphatic heterocycles. The largest absolute Gasteiger partial charge is 0.394 e. The summed E-state index contributed by atoms with van der Waals surface area (Å²) < 4.78 is 0. The van der Waals surface area contributed by atoms with Gasteiger partial charge in [-0.2, -0.15) is 0 Å². The number of amides is 10. The smallest absolute Gasteiger partial charge is 0.245 e. The SMILES string of the molecule is CC[C@H](C)[C@H](NC(=O)[C@H](CCCN=C(N)N)NC(=O)[C@H](C)NC(=O)[C@H](CO)NC(C)=O)C(=O)N[C@@H](CCCN=C(N)N)C(=O)N[C@@H](CCCCN)C(=O)N[C@@H](CCCCN)C(=O)N[C@@H](CCCN=C(N)N)C(=O)N[C@H](C(N)=O)[C@@H](C)O. The Morgan fingerprint density at radius 3 is 1.05 bits per heavy atom. The van der Waals surface area contributed by atoms with E-state index in [-0.39, 0.29) is 102 Å². The molecule has 0 saturated carbocycles. The molecule has 0 fully saturated rings. The van der Waals surface area contributed by atoms with E-state index in [2.05, 4.69) is 62.8 Å². The van der Waals surface area contributed by atoms with Crippen molar-refractivity contribution in [3.63, 3.8) is 0 Å². The minimum Gasteiger partial charge on any atom is -0.394 e. The Labute approximate surface area is 472 Å². The van der Waals surface area contributed by atoms with E-state index in [9.17, 15) is 58.2 Å². The number of rotatable bonds is 42. The van der Waals surface area contributed by atoms with Gasteiger partial charge >= 0.3 is 0 Å². The fourth-order valence-corrected chi connectivity index (χ4v) is 7.67. The van der Waals surface area contributed by atoms with Crippen LogP contribution in [0.3, 0.4) is 0 Å². The van der Waals surface area contributed by atoms with Gasteiger partial charge in [-0.3, -0.25) is 62.9 Å². The van der Waals surface area contributed by atoms with Gasteiger partial charge in [0.25, 0.3) is 0 Å². The van der Waals surface area contributed by atoms with E-state index in [4.69, 9.17) is 51.6 Å². The van der Waals surface area contributed by atoms with Crippen LogP contribution in [0, 0.1) is 5.92 Å². The number of nitrogens with one attached hydrogen (secondary N) is 9. The average Bonchev–Trinajstić information content (AvgIpc) is 3.41. The molecule has 10 amide bonds. The van der Waals surface area contributed by atoms with E-state index in [1.54, 1.807) is 13.8 Å². The number of carbonyl (C=O) groups is 10. The highest BCUT2D eigenvalue weighted by atomic mass is 16.3. The second kappa shape index (κ2) is 40.5. The van der Waals surface area contributed by atoms with Gasteiger partial charge in [0, 0.05) is 26.6 Å². The fraction of sp³-hybridized carbons (Fsp3) is 0.729. The number of hydrogen-bond acceptors (Lipinski definition) is 17. The van der Waals surface area contributed by atoms with Crippen LogP contribution in [0.5, 0.6) is 0 Å². The van der Waals surface area contributed by atoms with E-state index in [1.165, 1.54) is 13.8 Å². The van der Waals surface area contributed by atoms with E-state index < -0.39 is 132 Å². The molecule has 29 N–H and O–H groups in total. The summed E-state index contributed by atoms with van der Waals surface area (Å²) in [5.74, 6) is -9.82. The minimum absolute atomic E-state index is 0.00569. The Morgan fingerprint density at radius 1 is 0.420 bits per heavy atom. The number of unbranched alkanes of at least 4 members (excludes halogenated alkanes) is 2. The first kappa shape index (κ1) is 73.3. The molecule has 0 unspecified atom stereocenters. The summed E-state index contributed by atoms with van der Waals surface area (Å²) in [6, 6.07) is -12.4. The molecule has 0 aliphatic rings. The van der Waals surface area contributed by atoms with Crippen molar-refractivity contribution in [2.24, 2.45) is 72.5 Å². The maximum atomic E-state index is 14.5. The van der Waals surface area contributed by atoms with E-state index in [1.807, 2.05) is 0 Å². The predicted molar refractivity (Wildman–Crippen MR) is 302 cm³/mol. The summed E-state index contributed by atoms with van der Waals surface area (Å²) in [5, 5.41) is 42.6. The molecule has 33 heteroatoms. The summed E-state index contributed by atoms with van der Waals surface area (Å²) in [7, 11) is 0. The molecule has 0 rings (SSSR count). The Morgan fingerprint density at radius 2 is 0.741 bits per heavy atom. The third-order valence-corrected chi connectivity index (χ3v) is 12.4. The first-order valence-electron chi connectivity index (χ1n) is 27.0. The zero-order chi connectivity index (χ0) is 61.8. The average molecular weight is 1160 g/mol. The minimum atomic E-state index is -1.53. The maximum absolute atomic E-state index is 14.5. The standard InChI is InChI=1S/C48H93N21O12/c1-6-25(2)35(68-42(78)32(17-12-22-59-47(54)55)63-38(74)26(3)61-44(80)34(24-70)62-28(5)72)45(81)67-31(16-11-21-58-46(52)53)41(77)65-29(14-7-9-19-49)39(75)64-30(15-8-10-20-50)40(76)66-33(18-13-23-60-48(56)57)43(79)69-36(27(4)71)37(51)73/h25-27,29-36,70-71H,6-24,49-50H2,1-5H3,(H2,51,73)(H,61,80)(H,62,72)(H,63,74)(H,64,75)(H,65,77)(H,66,76)(H,67,81)(H,68,78)(H,69,79)(H4,52,53,58)(H4,54,55,59)(H4,56,57,60)/t25-,26-,27+,29-,30-,31-,32-,33-,34-,35-,36-/m0/s1. The zero-order valence-corrected chi connectivity index (χ0v) is 47.3. The van der Waals surface area contributed by atoms with Crippen LogP contribution in [0.1, 0.15) is 118 Å². The lowest BCUT2D eigenvalue weighted by atomic mass is 9.96. The molecule has 462 valence electrons. The molecule has 0 aliphatic carbocycles. The van der Waals surface area contributed by atoms with Gasteiger partial charge in [0.1, 0.15) is 54.4 Å². The summed E-state index contributed by atoms with van der Waals surface area (Å²) in [4.78, 5) is 147. The lowest BCUT2D eigenvalue weighted by molar-refractivity contribution is -0.136. The van der Waals surface area contributed by atoms with Gasteiger partial charge in [-0.05, 0) is 110 Å². The van der Waals surface area contributed by atoms with E-state index >= 15 is 0 Å². The van der Waals surface area contributed by atoms with Crippen molar-refractivity contribution in [3.05, 3.63) is 0 Å². The molecule has 0 radical (unpaired) electrons. The van der Waals surface area contributed by atoms with Gasteiger partial charge in [0.05, 0.1) is 12.7 Å².